The van der Waals surface area contributed by atoms with Crippen molar-refractivity contribution in [2.45, 2.75) is 20.3 Å². The minimum absolute atomic E-state index is 0. The molecule has 2 rings (SSSR count). The van der Waals surface area contributed by atoms with Gasteiger partial charge < -0.3 is 15.8 Å². The Bertz CT molecular complexity index is 605. The van der Waals surface area contributed by atoms with Crippen molar-refractivity contribution >= 4 is 47.0 Å². The van der Waals surface area contributed by atoms with Crippen LogP contribution in [-0.4, -0.2) is 24.6 Å². The lowest BCUT2D eigenvalue weighted by atomic mass is 10.3. The van der Waals surface area contributed by atoms with Gasteiger partial charge in [0.25, 0.3) is 0 Å². The molecule has 3 N–H and O–H groups in total. The third kappa shape index (κ3) is 5.45. The van der Waals surface area contributed by atoms with E-state index in [9.17, 15) is 0 Å². The van der Waals surface area contributed by atoms with Gasteiger partial charge in [0.2, 0.25) is 0 Å². The van der Waals surface area contributed by atoms with Crippen molar-refractivity contribution in [1.82, 2.24) is 4.98 Å². The summed E-state index contributed by atoms with van der Waals surface area (Å²) in [6.45, 7) is 4.74. The number of ether oxygens (including phenoxy) is 1. The van der Waals surface area contributed by atoms with E-state index in [-0.39, 0.29) is 24.0 Å². The maximum absolute atomic E-state index is 5.87. The molecule has 0 saturated carbocycles. The van der Waals surface area contributed by atoms with Crippen molar-refractivity contribution in [3.8, 4) is 5.75 Å². The second-order valence-electron chi connectivity index (χ2n) is 4.62. The number of rotatable bonds is 5. The Morgan fingerprint density at radius 2 is 2.00 bits per heavy atom. The summed E-state index contributed by atoms with van der Waals surface area (Å²) in [5.41, 5.74) is 7.85. The average Bonchev–Trinajstić information content (AvgIpc) is 2.78. The van der Waals surface area contributed by atoms with Crippen molar-refractivity contribution in [2.75, 3.05) is 19.0 Å². The highest BCUT2D eigenvalue weighted by Gasteiger charge is 2.03. The molecule has 0 bridgehead atoms. The van der Waals surface area contributed by atoms with E-state index in [0.29, 0.717) is 12.5 Å². The molecule has 120 valence electrons. The van der Waals surface area contributed by atoms with Gasteiger partial charge in [-0.25, -0.2) is 4.98 Å². The molecule has 0 amide bonds. The Kier molecular flexibility index (Phi) is 7.60. The van der Waals surface area contributed by atoms with Crippen LogP contribution in [0.2, 0.25) is 0 Å². The van der Waals surface area contributed by atoms with Crippen molar-refractivity contribution in [3.63, 3.8) is 0 Å². The molecule has 1 heterocycles. The molecule has 0 saturated heterocycles. The van der Waals surface area contributed by atoms with Crippen LogP contribution >= 0.6 is 35.3 Å². The zero-order chi connectivity index (χ0) is 15.2. The molecule has 0 radical (unpaired) electrons. The van der Waals surface area contributed by atoms with Gasteiger partial charge in [0.15, 0.2) is 5.96 Å². The predicted molar refractivity (Wildman–Crippen MR) is 104 cm³/mol. The molecule has 1 aromatic carbocycles. The van der Waals surface area contributed by atoms with Gasteiger partial charge in [-0.15, -0.1) is 35.3 Å². The number of hydrogen-bond donors (Lipinski definition) is 2. The monoisotopic (exact) mass is 432 g/mol. The number of aryl methyl sites for hydroxylation is 2. The summed E-state index contributed by atoms with van der Waals surface area (Å²) in [5.74, 6) is 1.22. The number of halogens is 1. The highest BCUT2D eigenvalue weighted by atomic mass is 127. The zero-order valence-electron chi connectivity index (χ0n) is 12.9. The first-order chi connectivity index (χ1) is 10.1. The number of benzene rings is 1. The summed E-state index contributed by atoms with van der Waals surface area (Å²) in [5, 5.41) is 4.15. The molecular formula is C15H21IN4OS. The van der Waals surface area contributed by atoms with Gasteiger partial charge >= 0.3 is 0 Å². The average molecular weight is 432 g/mol. The van der Waals surface area contributed by atoms with E-state index in [1.165, 1.54) is 4.88 Å². The summed E-state index contributed by atoms with van der Waals surface area (Å²) in [6.07, 6.45) is 0.810. The van der Waals surface area contributed by atoms with E-state index in [1.54, 1.807) is 18.4 Å². The van der Waals surface area contributed by atoms with Crippen molar-refractivity contribution in [2.24, 2.45) is 10.7 Å². The number of thiazole rings is 1. The Hall–Kier alpha value is -1.35. The second-order valence-corrected chi connectivity index (χ2v) is 5.91. The van der Waals surface area contributed by atoms with Crippen molar-refractivity contribution in [1.29, 1.82) is 0 Å². The molecule has 1 aromatic heterocycles. The lowest BCUT2D eigenvalue weighted by Crippen LogP contribution is -2.23. The number of methoxy groups -OCH3 is 1. The van der Waals surface area contributed by atoms with Gasteiger partial charge in [-0.2, -0.15) is 0 Å². The van der Waals surface area contributed by atoms with Crippen LogP contribution in [0.1, 0.15) is 15.6 Å². The lowest BCUT2D eigenvalue weighted by molar-refractivity contribution is 0.415. The maximum Gasteiger partial charge on any atom is 0.193 e. The van der Waals surface area contributed by atoms with Crippen molar-refractivity contribution in [3.05, 3.63) is 39.8 Å². The normalized spacial score (nSPS) is 11.0. The quantitative estimate of drug-likeness (QED) is 0.432. The van der Waals surface area contributed by atoms with E-state index in [2.05, 4.69) is 22.2 Å². The summed E-state index contributed by atoms with van der Waals surface area (Å²) >= 11 is 1.72. The van der Waals surface area contributed by atoms with Gasteiger partial charge in [-0.05, 0) is 38.1 Å². The Labute approximate surface area is 152 Å². The molecule has 0 aliphatic rings. The molecule has 22 heavy (non-hydrogen) atoms. The highest BCUT2D eigenvalue weighted by molar-refractivity contribution is 14.0. The fourth-order valence-electron chi connectivity index (χ4n) is 1.78. The number of hydrogen-bond acceptors (Lipinski definition) is 4. The minimum Gasteiger partial charge on any atom is -0.497 e. The van der Waals surface area contributed by atoms with Gasteiger partial charge in [-0.3, -0.25) is 4.99 Å². The Morgan fingerprint density at radius 3 is 2.55 bits per heavy atom. The maximum atomic E-state index is 5.87. The molecule has 0 atom stereocenters. The SMILES string of the molecule is COc1ccc(NC(N)=NCCc2nc(C)c(C)s2)cc1.I. The summed E-state index contributed by atoms with van der Waals surface area (Å²) in [7, 11) is 1.64. The molecule has 0 unspecified atom stereocenters. The number of guanidine groups is 1. The molecule has 0 aliphatic heterocycles. The van der Waals surface area contributed by atoms with E-state index in [1.807, 2.05) is 31.2 Å². The summed E-state index contributed by atoms with van der Waals surface area (Å²) in [4.78, 5) is 10.1. The van der Waals surface area contributed by atoms with E-state index in [0.717, 1.165) is 28.6 Å². The fraction of sp³-hybridized carbons (Fsp3) is 0.333. The van der Waals surface area contributed by atoms with E-state index in [4.69, 9.17) is 10.5 Å². The molecule has 7 heteroatoms. The Morgan fingerprint density at radius 1 is 1.32 bits per heavy atom. The van der Waals surface area contributed by atoms with Gasteiger partial charge in [0.1, 0.15) is 5.75 Å². The van der Waals surface area contributed by atoms with Crippen LogP contribution in [0.15, 0.2) is 29.3 Å². The number of nitrogens with one attached hydrogen (secondary N) is 1. The first-order valence-electron chi connectivity index (χ1n) is 6.72. The lowest BCUT2D eigenvalue weighted by Gasteiger charge is -2.06. The number of nitrogens with two attached hydrogens (primary N) is 1. The van der Waals surface area contributed by atoms with E-state index < -0.39 is 0 Å². The number of nitrogens with zero attached hydrogens (tertiary/aromatic N) is 2. The molecular weight excluding hydrogens is 411 g/mol. The highest BCUT2D eigenvalue weighted by Crippen LogP contribution is 2.17. The van der Waals surface area contributed by atoms with Crippen LogP contribution in [0.4, 0.5) is 5.69 Å². The molecule has 0 fully saturated rings. The van der Waals surface area contributed by atoms with Gasteiger partial charge in [0, 0.05) is 23.5 Å². The first kappa shape index (κ1) is 18.7. The molecule has 2 aromatic rings. The van der Waals surface area contributed by atoms with Crippen LogP contribution in [0.25, 0.3) is 0 Å². The third-order valence-electron chi connectivity index (χ3n) is 3.04. The smallest absolute Gasteiger partial charge is 0.193 e. The molecule has 0 spiro atoms. The topological polar surface area (TPSA) is 72.5 Å². The first-order valence-corrected chi connectivity index (χ1v) is 7.54. The summed E-state index contributed by atoms with van der Waals surface area (Å²) in [6, 6.07) is 7.54. The van der Waals surface area contributed by atoms with Crippen LogP contribution in [-0.2, 0) is 6.42 Å². The van der Waals surface area contributed by atoms with Gasteiger partial charge in [0.05, 0.1) is 17.8 Å². The van der Waals surface area contributed by atoms with Crippen LogP contribution < -0.4 is 15.8 Å². The standard InChI is InChI=1S/C15H20N4OS.HI/c1-10-11(2)21-14(18-10)8-9-17-15(16)19-12-4-6-13(20-3)7-5-12;/h4-7H,8-9H2,1-3H3,(H3,16,17,19);1H. The predicted octanol–water partition coefficient (Wildman–Crippen LogP) is 3.36. The van der Waals surface area contributed by atoms with Crippen LogP contribution in [0.3, 0.4) is 0 Å². The number of aromatic nitrogens is 1. The van der Waals surface area contributed by atoms with E-state index >= 15 is 0 Å². The van der Waals surface area contributed by atoms with Crippen LogP contribution in [0, 0.1) is 13.8 Å². The largest absolute Gasteiger partial charge is 0.497 e. The third-order valence-corrected chi connectivity index (χ3v) is 4.18. The summed E-state index contributed by atoms with van der Waals surface area (Å²) < 4.78 is 5.10. The fourth-order valence-corrected chi connectivity index (χ4v) is 2.70. The zero-order valence-corrected chi connectivity index (χ0v) is 16.1. The molecule has 5 nitrogen and oxygen atoms in total. The second kappa shape index (κ2) is 8.94. The molecule has 0 aliphatic carbocycles. The van der Waals surface area contributed by atoms with Gasteiger partial charge in [-0.1, -0.05) is 0 Å². The number of aliphatic imine (C=N–C) groups is 1. The van der Waals surface area contributed by atoms with Crippen LogP contribution in [0.5, 0.6) is 5.75 Å². The number of anilines is 1. The van der Waals surface area contributed by atoms with Crippen molar-refractivity contribution < 1.29 is 4.74 Å². The minimum atomic E-state index is 0. The Balaban J connectivity index is 0.00000242.